The first kappa shape index (κ1) is 18.1. The predicted molar refractivity (Wildman–Crippen MR) is 96.1 cm³/mol. The largest absolute Gasteiger partial charge is 0.382 e. The summed E-state index contributed by atoms with van der Waals surface area (Å²) >= 11 is 6.23. The summed E-state index contributed by atoms with van der Waals surface area (Å²) in [4.78, 5) is 6.28. The van der Waals surface area contributed by atoms with E-state index in [0.29, 0.717) is 36.8 Å². The molecule has 1 atom stereocenters. The first-order chi connectivity index (χ1) is 11.7. The van der Waals surface area contributed by atoms with Gasteiger partial charge in [-0.25, -0.2) is 0 Å². The van der Waals surface area contributed by atoms with E-state index in [1.54, 1.807) is 12.1 Å². The molecule has 1 aromatic carbocycles. The molecule has 2 aromatic rings. The van der Waals surface area contributed by atoms with Crippen molar-refractivity contribution in [2.24, 2.45) is 5.73 Å². The lowest BCUT2D eigenvalue weighted by atomic mass is 9.97. The van der Waals surface area contributed by atoms with Crippen LogP contribution in [0, 0.1) is 0 Å². The van der Waals surface area contributed by atoms with Gasteiger partial charge in [-0.3, -0.25) is 4.98 Å². The summed E-state index contributed by atoms with van der Waals surface area (Å²) in [6.45, 7) is 2.70. The van der Waals surface area contributed by atoms with E-state index in [0.717, 1.165) is 11.3 Å². The zero-order valence-corrected chi connectivity index (χ0v) is 14.7. The molecule has 0 aliphatic carbocycles. The van der Waals surface area contributed by atoms with E-state index >= 15 is 0 Å². The fourth-order valence-electron chi connectivity index (χ4n) is 3.07. The van der Waals surface area contributed by atoms with Crippen molar-refractivity contribution in [3.63, 3.8) is 0 Å². The minimum Gasteiger partial charge on any atom is -0.382 e. The Labute approximate surface area is 151 Å². The number of rotatable bonds is 4. The van der Waals surface area contributed by atoms with Gasteiger partial charge in [0.2, 0.25) is 0 Å². The third kappa shape index (κ3) is 3.63. The van der Waals surface area contributed by atoms with Crippen molar-refractivity contribution >= 4 is 17.3 Å². The van der Waals surface area contributed by atoms with Gasteiger partial charge in [-0.1, -0.05) is 23.7 Å². The van der Waals surface area contributed by atoms with Gasteiger partial charge in [0, 0.05) is 42.0 Å². The molecular weight excluding hydrogens is 342 g/mol. The zero-order valence-electron chi connectivity index (χ0n) is 14.0. The van der Waals surface area contributed by atoms with Gasteiger partial charge in [-0.15, -0.1) is 0 Å². The van der Waals surface area contributed by atoms with Crippen LogP contribution in [0.5, 0.6) is 0 Å². The summed E-state index contributed by atoms with van der Waals surface area (Å²) in [7, 11) is 0. The van der Waals surface area contributed by atoms with E-state index < -0.39 is 11.4 Å². The van der Waals surface area contributed by atoms with E-state index in [1.807, 2.05) is 23.1 Å². The molecule has 1 fully saturated rings. The third-order valence-electron chi connectivity index (χ3n) is 4.66. The van der Waals surface area contributed by atoms with Crippen molar-refractivity contribution in [1.29, 1.82) is 0 Å². The van der Waals surface area contributed by atoms with Crippen LogP contribution in [0.15, 0.2) is 36.5 Å². The highest BCUT2D eigenvalue weighted by molar-refractivity contribution is 6.31. The number of benzene rings is 1. The lowest BCUT2D eigenvalue weighted by Crippen LogP contribution is -2.32. The molecule has 0 amide bonds. The van der Waals surface area contributed by atoms with Gasteiger partial charge in [0.25, 0.3) is 0 Å². The zero-order chi connectivity index (χ0) is 18.2. The molecule has 0 bridgehead atoms. The van der Waals surface area contributed by atoms with Crippen molar-refractivity contribution < 1.29 is 15.3 Å². The molecule has 134 valence electrons. The molecule has 1 saturated heterocycles. The number of hydrogen-bond acceptors (Lipinski definition) is 6. The highest BCUT2D eigenvalue weighted by Crippen LogP contribution is 2.35. The van der Waals surface area contributed by atoms with Crippen LogP contribution >= 0.6 is 11.6 Å². The van der Waals surface area contributed by atoms with Gasteiger partial charge >= 0.3 is 0 Å². The van der Waals surface area contributed by atoms with Crippen LogP contribution in [0.25, 0.3) is 0 Å². The highest BCUT2D eigenvalue weighted by atomic mass is 35.5. The molecule has 6 nitrogen and oxygen atoms in total. The van der Waals surface area contributed by atoms with Crippen molar-refractivity contribution in [2.75, 3.05) is 18.0 Å². The molecule has 0 saturated carbocycles. The monoisotopic (exact) mass is 363 g/mol. The van der Waals surface area contributed by atoms with Gasteiger partial charge in [-0.05, 0) is 30.7 Å². The summed E-state index contributed by atoms with van der Waals surface area (Å²) in [6, 6.07) is 8.89. The lowest BCUT2D eigenvalue weighted by Gasteiger charge is -2.25. The Morgan fingerprint density at radius 2 is 2.08 bits per heavy atom. The average molecular weight is 364 g/mol. The Balaban J connectivity index is 1.80. The smallest absolute Gasteiger partial charge is 0.188 e. The third-order valence-corrected chi connectivity index (χ3v) is 5.01. The van der Waals surface area contributed by atoms with Gasteiger partial charge in [0.15, 0.2) is 5.79 Å². The number of β-amino-alcohol motifs (C(OH)–C–C–N with tert-alkyl or cyclic N) is 1. The molecule has 7 heteroatoms. The molecule has 0 unspecified atom stereocenters. The van der Waals surface area contributed by atoms with E-state index in [1.165, 1.54) is 13.1 Å². The molecular formula is C18H22ClN3O3. The highest BCUT2D eigenvalue weighted by Gasteiger charge is 2.39. The molecule has 2 heterocycles. The molecule has 1 aromatic heterocycles. The number of halogens is 1. The van der Waals surface area contributed by atoms with Crippen molar-refractivity contribution in [3.8, 4) is 0 Å². The minimum atomic E-state index is -1.95. The number of pyridine rings is 1. The van der Waals surface area contributed by atoms with Crippen LogP contribution in [0.4, 0.5) is 5.69 Å². The fraction of sp³-hybridized carbons (Fsp3) is 0.389. The summed E-state index contributed by atoms with van der Waals surface area (Å²) in [6.07, 6.45) is 1.90. The van der Waals surface area contributed by atoms with Crippen LogP contribution in [0.3, 0.4) is 0 Å². The summed E-state index contributed by atoms with van der Waals surface area (Å²) in [5.74, 6) is -1.95. The first-order valence-electron chi connectivity index (χ1n) is 8.10. The van der Waals surface area contributed by atoms with Crippen LogP contribution in [0.2, 0.25) is 5.02 Å². The van der Waals surface area contributed by atoms with Crippen LogP contribution in [-0.4, -0.2) is 33.4 Å². The quantitative estimate of drug-likeness (QED) is 0.613. The summed E-state index contributed by atoms with van der Waals surface area (Å²) in [5.41, 5.74) is 7.13. The Kier molecular flexibility index (Phi) is 4.74. The number of nitrogens with two attached hydrogens (primary N) is 1. The van der Waals surface area contributed by atoms with Gasteiger partial charge in [0.1, 0.15) is 5.60 Å². The second-order valence-electron chi connectivity index (χ2n) is 6.64. The standard InChI is InChI=1S/C18H22ClN3O3/c1-17(23,24)13-3-5-16(21-10-13)18(25)6-7-22(11-18)14-4-2-12(9-20)15(19)8-14/h2-5,8,10,23-25H,6-7,9,11,20H2,1H3/t18-/m0/s1. The van der Waals surface area contributed by atoms with E-state index in [9.17, 15) is 15.3 Å². The lowest BCUT2D eigenvalue weighted by molar-refractivity contribution is -0.152. The van der Waals surface area contributed by atoms with Crippen LogP contribution in [-0.2, 0) is 17.9 Å². The second kappa shape index (κ2) is 6.55. The molecule has 1 aliphatic rings. The summed E-state index contributed by atoms with van der Waals surface area (Å²) < 4.78 is 0. The topological polar surface area (TPSA) is 103 Å². The first-order valence-corrected chi connectivity index (χ1v) is 8.48. The van der Waals surface area contributed by atoms with Gasteiger partial charge in [-0.2, -0.15) is 0 Å². The molecule has 0 radical (unpaired) electrons. The predicted octanol–water partition coefficient (Wildman–Crippen LogP) is 1.45. The van der Waals surface area contributed by atoms with Crippen LogP contribution in [0.1, 0.15) is 30.2 Å². The minimum absolute atomic E-state index is 0.277. The molecule has 25 heavy (non-hydrogen) atoms. The number of nitrogens with zero attached hydrogens (tertiary/aromatic N) is 2. The van der Waals surface area contributed by atoms with Gasteiger partial charge in [0.05, 0.1) is 12.2 Å². The Morgan fingerprint density at radius 3 is 2.64 bits per heavy atom. The summed E-state index contributed by atoms with van der Waals surface area (Å²) in [5, 5.41) is 30.8. The fourth-order valence-corrected chi connectivity index (χ4v) is 3.32. The van der Waals surface area contributed by atoms with Crippen molar-refractivity contribution in [3.05, 3.63) is 58.4 Å². The second-order valence-corrected chi connectivity index (χ2v) is 7.04. The average Bonchev–Trinajstić information content (AvgIpc) is 2.98. The van der Waals surface area contributed by atoms with Crippen molar-refractivity contribution in [1.82, 2.24) is 4.98 Å². The maximum absolute atomic E-state index is 11.0. The number of anilines is 1. The van der Waals surface area contributed by atoms with E-state index in [4.69, 9.17) is 17.3 Å². The number of hydrogen-bond donors (Lipinski definition) is 4. The van der Waals surface area contributed by atoms with Crippen LogP contribution < -0.4 is 10.6 Å². The Bertz CT molecular complexity index is 761. The molecule has 0 spiro atoms. The number of aromatic nitrogens is 1. The normalized spacial score (nSPS) is 21.0. The molecule has 3 rings (SSSR count). The maximum Gasteiger partial charge on any atom is 0.188 e. The Hall–Kier alpha value is -1.70. The van der Waals surface area contributed by atoms with E-state index in [2.05, 4.69) is 4.98 Å². The molecule has 5 N–H and O–H groups in total. The van der Waals surface area contributed by atoms with Gasteiger partial charge < -0.3 is 26.0 Å². The Morgan fingerprint density at radius 1 is 1.32 bits per heavy atom. The van der Waals surface area contributed by atoms with Crippen molar-refractivity contribution in [2.45, 2.75) is 31.3 Å². The maximum atomic E-state index is 11.0. The SMILES string of the molecule is CC(O)(O)c1ccc([C@]2(O)CCN(c3ccc(CN)c(Cl)c3)C2)nc1. The molecule has 1 aliphatic heterocycles. The van der Waals surface area contributed by atoms with E-state index in [-0.39, 0.29) is 5.56 Å². The number of aliphatic hydroxyl groups is 3.